The summed E-state index contributed by atoms with van der Waals surface area (Å²) >= 11 is 0. The first-order valence-corrected chi connectivity index (χ1v) is 22.2. The highest BCUT2D eigenvalue weighted by Crippen LogP contribution is 2.36. The number of carboxylic acid groups (broad SMARTS) is 2. The normalized spacial score (nSPS) is 29.9. The molecular formula is C42H67N5O18. The molecule has 3 aliphatic heterocycles. The number of hydrogen-bond donors (Lipinski definition) is 8. The molecule has 23 nitrogen and oxygen atoms in total. The standard InChI is InChI=1S/C42H67N5O18/c1-21(2)12-10-8-6-7-9-11-13-23(61-28(51)17-22(3)16-27(49)50)18-29(52)62-25-20-45(4)31(38(57)46(5)30(25)40(58)59)36(65-41-35(56)32(53)24(19-43)63-41)37-33(54)34(55)39(64-37)47-15-14-26(48)44-42(47)60/h14-15,21-25,30-37,39,41,53-56H,6-13,16-20,43H2,1-5H3,(H,49,50)(H,58,59)(H,44,48,60)/t22?,23?,24-,25?,30?,31?,32-,33+,34-,35-,36?,37+,39-,41+/m1/s1. The van der Waals surface area contributed by atoms with E-state index in [1.807, 2.05) is 4.98 Å². The van der Waals surface area contributed by atoms with Gasteiger partial charge in [-0.2, -0.15) is 0 Å². The lowest BCUT2D eigenvalue weighted by molar-refractivity contribution is -0.233. The number of aliphatic hydroxyl groups is 4. The number of nitrogens with one attached hydrogen (secondary N) is 1. The average Bonchev–Trinajstić information content (AvgIpc) is 3.62. The number of aliphatic carboxylic acids is 2. The minimum Gasteiger partial charge on any atom is -0.481 e. The third-order valence-corrected chi connectivity index (χ3v) is 12.0. The van der Waals surface area contributed by atoms with Crippen LogP contribution in [0.2, 0.25) is 0 Å². The third-order valence-electron chi connectivity index (χ3n) is 12.0. The lowest BCUT2D eigenvalue weighted by atomic mass is 9.97. The molecule has 0 bridgehead atoms. The zero-order valence-corrected chi connectivity index (χ0v) is 37.5. The number of carbonyl (C=O) groups excluding carboxylic acids is 3. The summed E-state index contributed by atoms with van der Waals surface area (Å²) in [4.78, 5) is 93.9. The number of hydrogen-bond acceptors (Lipinski definition) is 18. The van der Waals surface area contributed by atoms with Crippen LogP contribution in [0.3, 0.4) is 0 Å². The Hall–Kier alpha value is -4.33. The number of unbranched alkanes of at least 4 members (excludes halogenated alkanes) is 5. The maximum atomic E-state index is 14.5. The fraction of sp³-hybridized carbons (Fsp3) is 0.786. The van der Waals surface area contributed by atoms with Gasteiger partial charge in [-0.25, -0.2) is 9.59 Å². The predicted octanol–water partition coefficient (Wildman–Crippen LogP) is -1.34. The molecule has 3 saturated heterocycles. The maximum absolute atomic E-state index is 14.5. The third kappa shape index (κ3) is 14.3. The molecule has 0 spiro atoms. The van der Waals surface area contributed by atoms with Crippen molar-refractivity contribution >= 4 is 29.8 Å². The summed E-state index contributed by atoms with van der Waals surface area (Å²) in [5.41, 5.74) is 3.91. The Kier molecular flexibility index (Phi) is 20.0. The maximum Gasteiger partial charge on any atom is 0.330 e. The molecule has 3 aliphatic rings. The van der Waals surface area contributed by atoms with Crippen molar-refractivity contribution in [2.24, 2.45) is 17.6 Å². The van der Waals surface area contributed by atoms with E-state index in [4.69, 9.17) is 34.5 Å². The number of esters is 2. The number of nitrogens with zero attached hydrogens (tertiary/aromatic N) is 3. The molecule has 1 aromatic heterocycles. The Balaban J connectivity index is 1.60. The number of amides is 1. The Morgan fingerprint density at radius 3 is 2.08 bits per heavy atom. The van der Waals surface area contributed by atoms with Crippen LogP contribution >= 0.6 is 0 Å². The number of carboxylic acids is 2. The largest absolute Gasteiger partial charge is 0.481 e. The number of ether oxygens (including phenoxy) is 5. The first-order chi connectivity index (χ1) is 30.6. The van der Waals surface area contributed by atoms with Gasteiger partial charge in [0.15, 0.2) is 18.6 Å². The van der Waals surface area contributed by atoms with Crippen LogP contribution in [0.5, 0.6) is 0 Å². The molecule has 0 radical (unpaired) electrons. The van der Waals surface area contributed by atoms with Gasteiger partial charge in [-0.15, -0.1) is 0 Å². The van der Waals surface area contributed by atoms with Gasteiger partial charge in [-0.3, -0.25) is 38.4 Å². The van der Waals surface area contributed by atoms with Gasteiger partial charge in [0.2, 0.25) is 5.91 Å². The molecule has 23 heteroatoms. The van der Waals surface area contributed by atoms with Crippen LogP contribution in [-0.2, 0) is 47.7 Å². The van der Waals surface area contributed by atoms with Gasteiger partial charge in [-0.05, 0) is 31.7 Å². The summed E-state index contributed by atoms with van der Waals surface area (Å²) in [6.07, 6.45) is -11.1. The van der Waals surface area contributed by atoms with Crippen LogP contribution in [0, 0.1) is 11.8 Å². The zero-order valence-electron chi connectivity index (χ0n) is 37.5. The number of carbonyl (C=O) groups is 5. The van der Waals surface area contributed by atoms with Crippen molar-refractivity contribution in [3.05, 3.63) is 33.1 Å². The van der Waals surface area contributed by atoms with E-state index in [1.54, 1.807) is 6.92 Å². The highest BCUT2D eigenvalue weighted by atomic mass is 16.7. The summed E-state index contributed by atoms with van der Waals surface area (Å²) < 4.78 is 30.0. The number of likely N-dealkylation sites (N-methyl/N-ethyl adjacent to an activating group) is 2. The molecule has 14 atom stereocenters. The Morgan fingerprint density at radius 1 is 0.846 bits per heavy atom. The summed E-state index contributed by atoms with van der Waals surface area (Å²) in [5, 5.41) is 63.7. The second-order valence-electron chi connectivity index (χ2n) is 17.8. The van der Waals surface area contributed by atoms with Crippen molar-refractivity contribution < 1.29 is 78.3 Å². The lowest BCUT2D eigenvalue weighted by Crippen LogP contribution is -2.59. The molecule has 368 valence electrons. The van der Waals surface area contributed by atoms with Crippen LogP contribution in [0.1, 0.15) is 97.6 Å². The second-order valence-corrected chi connectivity index (χ2v) is 17.8. The number of rotatable bonds is 24. The van der Waals surface area contributed by atoms with Gasteiger partial charge < -0.3 is 65.0 Å². The van der Waals surface area contributed by atoms with Crippen molar-refractivity contribution in [2.45, 2.75) is 171 Å². The number of aromatic amines is 1. The summed E-state index contributed by atoms with van der Waals surface area (Å²) in [6, 6.07) is -2.56. The van der Waals surface area contributed by atoms with Gasteiger partial charge in [0.1, 0.15) is 61.0 Å². The Labute approximate surface area is 375 Å². The highest BCUT2D eigenvalue weighted by molar-refractivity contribution is 5.88. The van der Waals surface area contributed by atoms with Crippen molar-refractivity contribution in [3.63, 3.8) is 0 Å². The second kappa shape index (κ2) is 24.4. The fourth-order valence-electron chi connectivity index (χ4n) is 8.55. The molecule has 1 amide bonds. The summed E-state index contributed by atoms with van der Waals surface area (Å²) in [6.45, 7) is 5.14. The quantitative estimate of drug-likeness (QED) is 0.0439. The lowest BCUT2D eigenvalue weighted by Gasteiger charge is -2.38. The molecular weight excluding hydrogens is 862 g/mol. The average molecular weight is 930 g/mol. The van der Waals surface area contributed by atoms with Gasteiger partial charge >= 0.3 is 29.6 Å². The smallest absolute Gasteiger partial charge is 0.330 e. The van der Waals surface area contributed by atoms with Crippen LogP contribution in [0.4, 0.5) is 0 Å². The first kappa shape index (κ1) is 53.3. The van der Waals surface area contributed by atoms with E-state index in [-0.39, 0.29) is 25.8 Å². The van der Waals surface area contributed by atoms with Crippen LogP contribution in [0.25, 0.3) is 0 Å². The highest BCUT2D eigenvalue weighted by Gasteiger charge is 2.57. The Bertz CT molecular complexity index is 1880. The number of nitrogens with two attached hydrogens (primary N) is 1. The molecule has 1 aromatic rings. The van der Waals surface area contributed by atoms with Gasteiger partial charge in [0, 0.05) is 45.2 Å². The SMILES string of the molecule is CC(C)CCCCCCCCC(CC(=O)OC1CN(C)C(C(O[C@@H]2O[C@H](CN)[C@@H](O)[C@H]2O)[C@H]2O[C@@H](n3ccc(=O)[nH]c3=O)[C@H](O)[C@@H]2O)C(=O)N(C)C1C(=O)O)OC(=O)CC(C)CC(=O)O. The number of aromatic nitrogens is 2. The van der Waals surface area contributed by atoms with Crippen molar-refractivity contribution in [1.29, 1.82) is 0 Å². The van der Waals surface area contributed by atoms with E-state index in [2.05, 4.69) is 13.8 Å². The summed E-state index contributed by atoms with van der Waals surface area (Å²) in [5.74, 6) is -5.31. The Morgan fingerprint density at radius 2 is 1.49 bits per heavy atom. The van der Waals surface area contributed by atoms with Crippen molar-refractivity contribution in [3.8, 4) is 0 Å². The van der Waals surface area contributed by atoms with Gasteiger partial charge in [0.05, 0.1) is 6.42 Å². The molecule has 65 heavy (non-hydrogen) atoms. The van der Waals surface area contributed by atoms with E-state index in [0.717, 1.165) is 67.3 Å². The van der Waals surface area contributed by atoms with Crippen LogP contribution in [0.15, 0.2) is 21.9 Å². The molecule has 6 unspecified atom stereocenters. The van der Waals surface area contributed by atoms with Crippen LogP contribution in [-0.4, -0.2) is 180 Å². The minimum absolute atomic E-state index is 0.229. The number of aliphatic hydroxyl groups excluding tert-OH is 4. The predicted molar refractivity (Wildman–Crippen MR) is 225 cm³/mol. The van der Waals surface area contributed by atoms with E-state index in [9.17, 15) is 59.1 Å². The fourth-order valence-corrected chi connectivity index (χ4v) is 8.55. The van der Waals surface area contributed by atoms with E-state index >= 15 is 0 Å². The van der Waals surface area contributed by atoms with E-state index in [1.165, 1.54) is 11.9 Å². The zero-order chi connectivity index (χ0) is 48.3. The molecule has 4 rings (SSSR count). The molecule has 4 heterocycles. The molecule has 3 fully saturated rings. The molecule has 0 aliphatic carbocycles. The van der Waals surface area contributed by atoms with E-state index < -0.39 is 139 Å². The van der Waals surface area contributed by atoms with Crippen molar-refractivity contribution in [1.82, 2.24) is 19.4 Å². The van der Waals surface area contributed by atoms with Crippen molar-refractivity contribution in [2.75, 3.05) is 27.2 Å². The minimum atomic E-state index is -1.95. The molecule has 0 aromatic carbocycles. The van der Waals surface area contributed by atoms with Gasteiger partial charge in [0.25, 0.3) is 5.56 Å². The number of H-pyrrole nitrogens is 1. The first-order valence-electron chi connectivity index (χ1n) is 22.2. The molecule has 0 saturated carbocycles. The van der Waals surface area contributed by atoms with E-state index in [0.29, 0.717) is 12.3 Å². The van der Waals surface area contributed by atoms with Gasteiger partial charge in [-0.1, -0.05) is 59.3 Å². The topological polar surface area (TPSA) is 340 Å². The summed E-state index contributed by atoms with van der Waals surface area (Å²) in [7, 11) is 2.46. The van der Waals surface area contributed by atoms with Crippen LogP contribution < -0.4 is 17.0 Å². The monoisotopic (exact) mass is 929 g/mol. The molecule has 9 N–H and O–H groups in total.